The van der Waals surface area contributed by atoms with Crippen molar-refractivity contribution in [1.29, 1.82) is 0 Å². The van der Waals surface area contributed by atoms with Crippen LogP contribution in [0.5, 0.6) is 0 Å². The fraction of sp³-hybridized carbons (Fsp3) is 0. The van der Waals surface area contributed by atoms with Crippen LogP contribution in [0.2, 0.25) is 15.1 Å². The van der Waals surface area contributed by atoms with Gasteiger partial charge in [-0.05, 0) is 24.3 Å². The summed E-state index contributed by atoms with van der Waals surface area (Å²) in [4.78, 5) is 11.1. The lowest BCUT2D eigenvalue weighted by Gasteiger charge is -2.06. The molecule has 0 unspecified atom stereocenters. The predicted molar refractivity (Wildman–Crippen MR) is 86.1 cm³/mol. The van der Waals surface area contributed by atoms with E-state index in [0.29, 0.717) is 21.3 Å². The largest absolute Gasteiger partial charge is 0.478 e. The molecule has 0 radical (unpaired) electrons. The summed E-state index contributed by atoms with van der Waals surface area (Å²) in [5.41, 5.74) is 3.56. The van der Waals surface area contributed by atoms with Crippen LogP contribution in [0.3, 0.4) is 0 Å². The fourth-order valence-electron chi connectivity index (χ4n) is 1.59. The topological polar surface area (TPSA) is 61.7 Å². The van der Waals surface area contributed by atoms with Gasteiger partial charge < -0.3 is 5.11 Å². The number of carboxylic acids is 1. The van der Waals surface area contributed by atoms with E-state index in [2.05, 4.69) is 10.5 Å². The Morgan fingerprint density at radius 3 is 2.48 bits per heavy atom. The van der Waals surface area contributed by atoms with Crippen molar-refractivity contribution in [2.45, 2.75) is 0 Å². The number of rotatable bonds is 4. The molecule has 0 amide bonds. The summed E-state index contributed by atoms with van der Waals surface area (Å²) in [6, 6.07) is 9.58. The summed E-state index contributed by atoms with van der Waals surface area (Å²) >= 11 is 17.9. The summed E-state index contributed by atoms with van der Waals surface area (Å²) in [5, 5.41) is 14.0. The van der Waals surface area contributed by atoms with Crippen LogP contribution in [-0.4, -0.2) is 17.3 Å². The minimum atomic E-state index is -1.05. The van der Waals surface area contributed by atoms with E-state index in [4.69, 9.17) is 39.9 Å². The minimum Gasteiger partial charge on any atom is -0.478 e. The van der Waals surface area contributed by atoms with E-state index in [1.807, 2.05) is 0 Å². The van der Waals surface area contributed by atoms with Gasteiger partial charge >= 0.3 is 5.97 Å². The monoisotopic (exact) mass is 342 g/mol. The number of anilines is 1. The van der Waals surface area contributed by atoms with Crippen molar-refractivity contribution in [3.05, 3.63) is 62.6 Å². The highest BCUT2D eigenvalue weighted by molar-refractivity contribution is 6.45. The first-order valence-electron chi connectivity index (χ1n) is 5.75. The van der Waals surface area contributed by atoms with Gasteiger partial charge in [0.1, 0.15) is 0 Å². The third-order valence-electron chi connectivity index (χ3n) is 2.62. The maximum atomic E-state index is 11.1. The smallest absolute Gasteiger partial charge is 0.337 e. The molecule has 0 fully saturated rings. The number of carboxylic acid groups (broad SMARTS) is 1. The van der Waals surface area contributed by atoms with Crippen LogP contribution in [0.15, 0.2) is 41.5 Å². The van der Waals surface area contributed by atoms with Crippen molar-refractivity contribution >= 4 is 52.7 Å². The number of para-hydroxylation sites is 1. The molecule has 0 spiro atoms. The Morgan fingerprint density at radius 2 is 1.76 bits per heavy atom. The molecule has 0 atom stereocenters. The number of aromatic carboxylic acids is 1. The standard InChI is InChI=1S/C14H9Cl3N2O2/c15-10-5-6-11(16)13(17)9(10)7-18-19-12-4-2-1-3-8(12)14(20)21/h1-7,19H,(H,20,21)/b18-7+. The van der Waals surface area contributed by atoms with Crippen LogP contribution in [0.25, 0.3) is 0 Å². The maximum Gasteiger partial charge on any atom is 0.337 e. The Hall–Kier alpha value is -1.75. The molecular weight excluding hydrogens is 335 g/mol. The molecule has 2 N–H and O–H groups in total. The summed E-state index contributed by atoms with van der Waals surface area (Å²) in [5.74, 6) is -1.05. The minimum absolute atomic E-state index is 0.109. The van der Waals surface area contributed by atoms with Crippen molar-refractivity contribution in [2.24, 2.45) is 5.10 Å². The molecule has 0 bridgehead atoms. The molecule has 0 saturated heterocycles. The Morgan fingerprint density at radius 1 is 1.10 bits per heavy atom. The summed E-state index contributed by atoms with van der Waals surface area (Å²) in [6.07, 6.45) is 1.38. The zero-order valence-electron chi connectivity index (χ0n) is 10.5. The van der Waals surface area contributed by atoms with E-state index in [1.54, 1.807) is 30.3 Å². The second kappa shape index (κ2) is 6.80. The number of halogens is 3. The van der Waals surface area contributed by atoms with Gasteiger partial charge in [-0.2, -0.15) is 5.10 Å². The molecule has 21 heavy (non-hydrogen) atoms. The first kappa shape index (κ1) is 15.6. The van der Waals surface area contributed by atoms with Gasteiger partial charge in [0.15, 0.2) is 0 Å². The normalized spacial score (nSPS) is 10.8. The van der Waals surface area contributed by atoms with E-state index < -0.39 is 5.97 Å². The maximum absolute atomic E-state index is 11.1. The summed E-state index contributed by atoms with van der Waals surface area (Å²) < 4.78 is 0. The molecule has 4 nitrogen and oxygen atoms in total. The van der Waals surface area contributed by atoms with Crippen LogP contribution in [0, 0.1) is 0 Å². The third-order valence-corrected chi connectivity index (χ3v) is 3.76. The highest BCUT2D eigenvalue weighted by Gasteiger charge is 2.09. The average molecular weight is 344 g/mol. The zero-order chi connectivity index (χ0) is 15.4. The van der Waals surface area contributed by atoms with Crippen molar-refractivity contribution in [3.63, 3.8) is 0 Å². The Balaban J connectivity index is 2.25. The molecule has 2 rings (SSSR count). The lowest BCUT2D eigenvalue weighted by Crippen LogP contribution is -2.02. The van der Waals surface area contributed by atoms with Crippen molar-refractivity contribution in [1.82, 2.24) is 0 Å². The molecule has 0 saturated carbocycles. The number of hydrogen-bond acceptors (Lipinski definition) is 3. The Kier molecular flexibility index (Phi) is 5.07. The summed E-state index contributed by atoms with van der Waals surface area (Å²) in [6.45, 7) is 0. The van der Waals surface area contributed by atoms with Gasteiger partial charge in [0.25, 0.3) is 0 Å². The molecule has 2 aromatic rings. The third kappa shape index (κ3) is 3.67. The van der Waals surface area contributed by atoms with Crippen molar-refractivity contribution in [2.75, 3.05) is 5.43 Å². The van der Waals surface area contributed by atoms with E-state index in [1.165, 1.54) is 12.3 Å². The second-order valence-electron chi connectivity index (χ2n) is 3.98. The van der Waals surface area contributed by atoms with Gasteiger partial charge in [-0.3, -0.25) is 5.43 Å². The van der Waals surface area contributed by atoms with E-state index in [-0.39, 0.29) is 10.6 Å². The van der Waals surface area contributed by atoms with Gasteiger partial charge in [0, 0.05) is 5.56 Å². The fourth-order valence-corrected chi connectivity index (χ4v) is 2.23. The van der Waals surface area contributed by atoms with Crippen molar-refractivity contribution < 1.29 is 9.90 Å². The molecule has 0 heterocycles. The van der Waals surface area contributed by atoms with Crippen molar-refractivity contribution in [3.8, 4) is 0 Å². The SMILES string of the molecule is O=C(O)c1ccccc1N/N=C/c1c(Cl)ccc(Cl)c1Cl. The molecule has 0 aliphatic carbocycles. The van der Waals surface area contributed by atoms with Crippen LogP contribution < -0.4 is 5.43 Å². The number of nitrogens with zero attached hydrogens (tertiary/aromatic N) is 1. The van der Waals surface area contributed by atoms with Crippen LogP contribution in [-0.2, 0) is 0 Å². The summed E-state index contributed by atoms with van der Waals surface area (Å²) in [7, 11) is 0. The predicted octanol–water partition coefficient (Wildman–Crippen LogP) is 4.79. The molecule has 7 heteroatoms. The molecule has 108 valence electrons. The molecule has 0 aromatic heterocycles. The number of nitrogens with one attached hydrogen (secondary N) is 1. The molecule has 0 aliphatic rings. The van der Waals surface area contributed by atoms with Gasteiger partial charge in [0.2, 0.25) is 0 Å². The number of hydrazone groups is 1. The first-order valence-corrected chi connectivity index (χ1v) is 6.89. The van der Waals surface area contributed by atoms with Crippen LogP contribution in [0.1, 0.15) is 15.9 Å². The highest BCUT2D eigenvalue weighted by Crippen LogP contribution is 2.30. The lowest BCUT2D eigenvalue weighted by atomic mass is 10.2. The second-order valence-corrected chi connectivity index (χ2v) is 5.17. The molecule has 2 aromatic carbocycles. The van der Waals surface area contributed by atoms with E-state index in [0.717, 1.165) is 0 Å². The van der Waals surface area contributed by atoms with E-state index >= 15 is 0 Å². The van der Waals surface area contributed by atoms with Crippen LogP contribution in [0.4, 0.5) is 5.69 Å². The van der Waals surface area contributed by atoms with Gasteiger partial charge in [0.05, 0.1) is 32.5 Å². The Labute approximate surface area is 135 Å². The highest BCUT2D eigenvalue weighted by atomic mass is 35.5. The first-order chi connectivity index (χ1) is 10.0. The number of benzene rings is 2. The van der Waals surface area contributed by atoms with Crippen LogP contribution >= 0.6 is 34.8 Å². The average Bonchev–Trinajstić information content (AvgIpc) is 2.47. The van der Waals surface area contributed by atoms with Gasteiger partial charge in [-0.15, -0.1) is 0 Å². The Bertz CT molecular complexity index is 717. The number of carbonyl (C=O) groups is 1. The molecule has 0 aliphatic heterocycles. The lowest BCUT2D eigenvalue weighted by molar-refractivity contribution is 0.0698. The van der Waals surface area contributed by atoms with E-state index in [9.17, 15) is 4.79 Å². The zero-order valence-corrected chi connectivity index (χ0v) is 12.7. The van der Waals surface area contributed by atoms with Gasteiger partial charge in [-0.1, -0.05) is 46.9 Å². The quantitative estimate of drug-likeness (QED) is 0.476. The number of hydrogen-bond donors (Lipinski definition) is 2. The molecular formula is C14H9Cl3N2O2. The van der Waals surface area contributed by atoms with Gasteiger partial charge in [-0.25, -0.2) is 4.79 Å².